The minimum Gasteiger partial charge on any atom is -0.393 e. The Morgan fingerprint density at radius 3 is 1.40 bits per heavy atom. The zero-order valence-electron chi connectivity index (χ0n) is 47.7. The second-order valence-corrected chi connectivity index (χ2v) is 22.4. The lowest BCUT2D eigenvalue weighted by Crippen LogP contribution is -2.71. The monoisotopic (exact) mass is 1140 g/mol. The molecule has 0 radical (unpaired) electrons. The molecule has 3 heterocycles. The van der Waals surface area contributed by atoms with Gasteiger partial charge in [0.05, 0.1) is 77.3 Å². The summed E-state index contributed by atoms with van der Waals surface area (Å²) in [7, 11) is 0. The number of benzene rings is 7. The van der Waals surface area contributed by atoms with Crippen molar-refractivity contribution >= 4 is 5.91 Å². The molecule has 4 aliphatic rings. The van der Waals surface area contributed by atoms with E-state index in [0.29, 0.717) is 13.0 Å². The number of carbonyl (C=O) groups excluding carboxylic acids is 1. The van der Waals surface area contributed by atoms with Crippen molar-refractivity contribution in [2.75, 3.05) is 13.2 Å². The van der Waals surface area contributed by atoms with Crippen molar-refractivity contribution in [3.05, 3.63) is 251 Å². The molecule has 1 saturated carbocycles. The molecule has 2 N–H and O–H groups in total. The molecule has 440 valence electrons. The number of rotatable bonds is 24. The number of hydrogen-bond donors (Lipinski definition) is 2. The van der Waals surface area contributed by atoms with Gasteiger partial charge in [-0.15, -0.1) is 0 Å². The number of hydrogen-bond acceptors (Lipinski definition) is 13. The summed E-state index contributed by atoms with van der Waals surface area (Å²) in [6.07, 6.45) is -10.7. The predicted molar refractivity (Wildman–Crippen MR) is 314 cm³/mol. The lowest BCUT2D eigenvalue weighted by Gasteiger charge is -2.54. The molecule has 0 spiro atoms. The molecular formula is C70H77NO13. The van der Waals surface area contributed by atoms with Gasteiger partial charge in [0.15, 0.2) is 12.6 Å². The highest BCUT2D eigenvalue weighted by molar-refractivity contribution is 5.73. The van der Waals surface area contributed by atoms with Crippen LogP contribution in [-0.2, 0) is 96.5 Å². The fraction of sp³-hybridized carbons (Fsp3) is 0.386. The summed E-state index contributed by atoms with van der Waals surface area (Å²) in [5.41, 5.74) is 6.54. The summed E-state index contributed by atoms with van der Waals surface area (Å²) >= 11 is 0. The van der Waals surface area contributed by atoms with Crippen molar-refractivity contribution in [1.29, 1.82) is 0 Å². The largest absolute Gasteiger partial charge is 0.393 e. The normalized spacial score (nSPS) is 29.6. The Morgan fingerprint density at radius 1 is 0.488 bits per heavy atom. The Labute approximate surface area is 493 Å². The number of aliphatic hydroxyl groups excluding tert-OH is 1. The molecule has 0 bridgehead atoms. The van der Waals surface area contributed by atoms with Crippen molar-refractivity contribution in [3.8, 4) is 0 Å². The third-order valence-corrected chi connectivity index (χ3v) is 16.3. The number of ether oxygens (including phenoxy) is 11. The van der Waals surface area contributed by atoms with Crippen LogP contribution in [0.25, 0.3) is 0 Å². The predicted octanol–water partition coefficient (Wildman–Crippen LogP) is 10.6. The first-order valence-electron chi connectivity index (χ1n) is 29.4. The van der Waals surface area contributed by atoms with E-state index in [0.717, 1.165) is 38.9 Å². The van der Waals surface area contributed by atoms with Crippen molar-refractivity contribution < 1.29 is 62.0 Å². The smallest absolute Gasteiger partial charge is 0.217 e. The van der Waals surface area contributed by atoms with Gasteiger partial charge >= 0.3 is 0 Å². The van der Waals surface area contributed by atoms with E-state index in [9.17, 15) is 9.90 Å². The van der Waals surface area contributed by atoms with Crippen LogP contribution in [0.5, 0.6) is 0 Å². The Balaban J connectivity index is 1.01. The summed E-state index contributed by atoms with van der Waals surface area (Å²) < 4.78 is 78.0. The first-order valence-corrected chi connectivity index (χ1v) is 29.4. The lowest BCUT2D eigenvalue weighted by molar-refractivity contribution is -0.373. The van der Waals surface area contributed by atoms with Crippen molar-refractivity contribution in [2.24, 2.45) is 11.8 Å². The molecule has 3 aliphatic heterocycles. The molecule has 1 amide bonds. The van der Waals surface area contributed by atoms with Gasteiger partial charge in [-0.25, -0.2) is 0 Å². The average Bonchev–Trinajstić information content (AvgIpc) is 3.70. The van der Waals surface area contributed by atoms with Crippen molar-refractivity contribution in [2.45, 2.75) is 146 Å². The van der Waals surface area contributed by atoms with Crippen LogP contribution in [0.1, 0.15) is 65.5 Å². The van der Waals surface area contributed by atoms with Crippen LogP contribution in [0.2, 0.25) is 0 Å². The van der Waals surface area contributed by atoms with Gasteiger partial charge in [-0.1, -0.05) is 219 Å². The van der Waals surface area contributed by atoms with Crippen molar-refractivity contribution in [1.82, 2.24) is 5.32 Å². The van der Waals surface area contributed by atoms with Crippen LogP contribution in [0, 0.1) is 11.8 Å². The first kappa shape index (κ1) is 59.3. The zero-order chi connectivity index (χ0) is 57.5. The molecular weight excluding hydrogens is 1060 g/mol. The minimum absolute atomic E-state index is 0.0118. The Kier molecular flexibility index (Phi) is 20.9. The molecule has 14 heteroatoms. The van der Waals surface area contributed by atoms with Crippen LogP contribution < -0.4 is 5.32 Å². The number of carbonyl (C=O) groups is 1. The van der Waals surface area contributed by atoms with E-state index in [1.54, 1.807) is 0 Å². The Bertz CT molecular complexity index is 3030. The molecule has 3 saturated heterocycles. The number of aliphatic hydroxyl groups is 1. The van der Waals surface area contributed by atoms with Gasteiger partial charge in [0, 0.05) is 18.4 Å². The standard InChI is InChI=1S/C70H77NO13/c1-47-38-56(73)59(64(76-41-51-28-14-5-15-29-51)61(47)75-40-50-26-12-4-13-27-50)65-68(79-44-54-34-20-8-21-35-54)67(78-43-53-32-18-7-19-33-53)63(57(81-65)45-74-39-49-24-10-3-11-25-49)84-70-60(71-48(2)72)66(77-42-52-30-16-6-17-31-52)62-58(82-70)46-80-69(83-62)55-36-22-9-23-37-55/h3-37,47,56-70,73H,38-46H2,1-2H3,(H,71,72)/t47-,56?,57-,58-,59+,60+,61+,62-,63-,64+,65-,66-,67+,68+,69?,70+/m1/s1. The maximum absolute atomic E-state index is 13.7. The van der Waals surface area contributed by atoms with Gasteiger partial charge in [0.1, 0.15) is 48.8 Å². The fourth-order valence-electron chi connectivity index (χ4n) is 12.1. The number of fused-ring (bicyclic) bond motifs is 1. The molecule has 1 aliphatic carbocycles. The molecule has 0 aromatic heterocycles. The average molecular weight is 1140 g/mol. The quantitative estimate of drug-likeness (QED) is 0.0591. The zero-order valence-corrected chi connectivity index (χ0v) is 47.7. The maximum Gasteiger partial charge on any atom is 0.217 e. The highest BCUT2D eigenvalue weighted by Crippen LogP contribution is 2.45. The van der Waals surface area contributed by atoms with Crippen LogP contribution in [0.15, 0.2) is 212 Å². The van der Waals surface area contributed by atoms with E-state index < -0.39 is 91.7 Å². The summed E-state index contributed by atoms with van der Waals surface area (Å²) in [4.78, 5) is 13.7. The maximum atomic E-state index is 13.7. The molecule has 7 aromatic carbocycles. The van der Waals surface area contributed by atoms with E-state index in [2.05, 4.69) is 12.2 Å². The van der Waals surface area contributed by atoms with Crippen molar-refractivity contribution in [3.63, 3.8) is 0 Å². The van der Waals surface area contributed by atoms with Crippen LogP contribution in [0.3, 0.4) is 0 Å². The Hall–Kier alpha value is -6.47. The highest BCUT2D eigenvalue weighted by atomic mass is 16.8. The second-order valence-electron chi connectivity index (χ2n) is 22.4. The lowest BCUT2D eigenvalue weighted by atomic mass is 9.71. The van der Waals surface area contributed by atoms with E-state index in [4.69, 9.17) is 52.1 Å². The molecule has 11 rings (SSSR count). The molecule has 7 aromatic rings. The van der Waals surface area contributed by atoms with E-state index in [-0.39, 0.29) is 58.1 Å². The molecule has 2 unspecified atom stereocenters. The third kappa shape index (κ3) is 15.3. The molecule has 16 atom stereocenters. The number of nitrogens with one attached hydrogen (secondary N) is 1. The van der Waals surface area contributed by atoms with Gasteiger partial charge in [-0.3, -0.25) is 4.79 Å². The van der Waals surface area contributed by atoms with Crippen LogP contribution >= 0.6 is 0 Å². The van der Waals surface area contributed by atoms with E-state index in [1.165, 1.54) is 6.92 Å². The Morgan fingerprint density at radius 2 is 0.917 bits per heavy atom. The third-order valence-electron chi connectivity index (χ3n) is 16.3. The summed E-state index contributed by atoms with van der Waals surface area (Å²) in [5.74, 6) is -1.19. The highest BCUT2D eigenvalue weighted by Gasteiger charge is 2.59. The molecule has 4 fully saturated rings. The summed E-state index contributed by atoms with van der Waals surface area (Å²) in [6, 6.07) is 68.6. The minimum atomic E-state index is -1.20. The summed E-state index contributed by atoms with van der Waals surface area (Å²) in [5, 5.41) is 16.1. The molecule has 14 nitrogen and oxygen atoms in total. The van der Waals surface area contributed by atoms with Gasteiger partial charge in [0.25, 0.3) is 0 Å². The topological polar surface area (TPSA) is 151 Å². The van der Waals surface area contributed by atoms with Gasteiger partial charge in [-0.2, -0.15) is 0 Å². The number of amides is 1. The summed E-state index contributed by atoms with van der Waals surface area (Å²) in [6.45, 7) is 5.05. The van der Waals surface area contributed by atoms with Gasteiger partial charge in [0.2, 0.25) is 5.91 Å². The van der Waals surface area contributed by atoms with Gasteiger partial charge < -0.3 is 62.5 Å². The van der Waals surface area contributed by atoms with E-state index >= 15 is 0 Å². The van der Waals surface area contributed by atoms with Gasteiger partial charge in [-0.05, 0) is 45.7 Å². The van der Waals surface area contributed by atoms with E-state index in [1.807, 2.05) is 212 Å². The van der Waals surface area contributed by atoms with Crippen LogP contribution in [0.4, 0.5) is 0 Å². The second kappa shape index (κ2) is 29.6. The fourth-order valence-corrected chi connectivity index (χ4v) is 12.1. The SMILES string of the molecule is CC(=O)N[C@@H]1[C@H](O[C@H]2[C@H](OCc3ccccc3)[C@@H](OCc3ccccc3)[C@@H]([C@H]3C(O)C[C@@H](C)[C@H](OCc4ccccc4)[C@H]3OCc3ccccc3)O[C@@H]2COCc2ccccc2)O[C@@H]2COC(c3ccccc3)O[C@H]2[C@@H]1OCc1ccccc1. The first-order chi connectivity index (χ1) is 41.3. The molecule has 84 heavy (non-hydrogen) atoms. The van der Waals surface area contributed by atoms with Crippen LogP contribution in [-0.4, -0.2) is 104 Å².